The molecule has 2 aromatic carbocycles. The number of hydrogen-bond donors (Lipinski definition) is 1. The number of benzene rings is 2. The average molecular weight is 370 g/mol. The van der Waals surface area contributed by atoms with E-state index in [1.807, 2.05) is 0 Å². The molecule has 0 bridgehead atoms. The summed E-state index contributed by atoms with van der Waals surface area (Å²) in [6, 6.07) is 6.52. The zero-order chi connectivity index (χ0) is 18.2. The summed E-state index contributed by atoms with van der Waals surface area (Å²) in [5.74, 6) is -2.43. The normalized spacial score (nSPS) is 19.1. The van der Waals surface area contributed by atoms with Gasteiger partial charge in [-0.2, -0.15) is 4.31 Å². The van der Waals surface area contributed by atoms with Crippen LogP contribution in [0.5, 0.6) is 0 Å². The molecule has 0 aromatic heterocycles. The third-order valence-corrected chi connectivity index (χ3v) is 6.15. The molecule has 1 atom stereocenters. The second-order valence-corrected chi connectivity index (χ2v) is 7.78. The molecule has 0 saturated carbocycles. The van der Waals surface area contributed by atoms with Gasteiger partial charge in [-0.25, -0.2) is 21.6 Å². The highest BCUT2D eigenvalue weighted by Crippen LogP contribution is 2.31. The maximum Gasteiger partial charge on any atom is 0.246 e. The third-order valence-electron chi connectivity index (χ3n) is 4.23. The number of aryl methyl sites for hydroxylation is 1. The number of nitrogens with zero attached hydrogens (tertiary/aromatic N) is 1. The predicted molar refractivity (Wildman–Crippen MR) is 87.0 cm³/mol. The summed E-state index contributed by atoms with van der Waals surface area (Å²) in [5.41, 5.74) is 0.507. The fourth-order valence-corrected chi connectivity index (χ4v) is 4.67. The fraction of sp³-hybridized carbons (Fsp3) is 0.294. The molecule has 3 rings (SSSR count). The van der Waals surface area contributed by atoms with Crippen molar-refractivity contribution in [2.45, 2.75) is 17.9 Å². The van der Waals surface area contributed by atoms with Crippen molar-refractivity contribution < 1.29 is 21.6 Å². The van der Waals surface area contributed by atoms with Crippen LogP contribution >= 0.6 is 0 Å². The Labute approximate surface area is 144 Å². The number of nitrogens with one attached hydrogen (secondary N) is 1. The molecule has 8 heteroatoms. The van der Waals surface area contributed by atoms with Crippen molar-refractivity contribution in [3.8, 4) is 0 Å². The lowest BCUT2D eigenvalue weighted by atomic mass is 10.1. The smallest absolute Gasteiger partial charge is 0.246 e. The molecule has 1 aliphatic heterocycles. The van der Waals surface area contributed by atoms with Crippen molar-refractivity contribution in [3.63, 3.8) is 0 Å². The van der Waals surface area contributed by atoms with Crippen molar-refractivity contribution in [2.24, 2.45) is 0 Å². The Morgan fingerprint density at radius 2 is 1.88 bits per heavy atom. The Hall–Kier alpha value is -1.90. The highest BCUT2D eigenvalue weighted by molar-refractivity contribution is 7.89. The van der Waals surface area contributed by atoms with Crippen molar-refractivity contribution in [2.75, 3.05) is 19.6 Å². The van der Waals surface area contributed by atoms with E-state index in [1.54, 1.807) is 6.07 Å². The standard InChI is InChI=1S/C17H17F3N2O2S/c1-11-7-17(15(20)9-14(11)19)25(23,24)22-6-5-21-10-16(22)12-3-2-4-13(18)8-12/h2-4,7-9,16,21H,5-6,10H2,1H3. The van der Waals surface area contributed by atoms with Crippen LogP contribution in [0, 0.1) is 24.4 Å². The van der Waals surface area contributed by atoms with Crippen LogP contribution in [0.4, 0.5) is 13.2 Å². The maximum atomic E-state index is 14.2. The summed E-state index contributed by atoms with van der Waals surface area (Å²) in [7, 11) is -4.21. The number of sulfonamides is 1. The van der Waals surface area contributed by atoms with Crippen LogP contribution in [0.2, 0.25) is 0 Å². The van der Waals surface area contributed by atoms with E-state index < -0.39 is 38.4 Å². The topological polar surface area (TPSA) is 49.4 Å². The molecule has 0 aliphatic carbocycles. The van der Waals surface area contributed by atoms with Crippen LogP contribution in [0.1, 0.15) is 17.2 Å². The summed E-state index contributed by atoms with van der Waals surface area (Å²) in [6.07, 6.45) is 0. The Morgan fingerprint density at radius 3 is 2.60 bits per heavy atom. The van der Waals surface area contributed by atoms with Gasteiger partial charge in [0.15, 0.2) is 0 Å². The van der Waals surface area contributed by atoms with Gasteiger partial charge in [-0.3, -0.25) is 0 Å². The van der Waals surface area contributed by atoms with E-state index in [1.165, 1.54) is 25.1 Å². The highest BCUT2D eigenvalue weighted by Gasteiger charge is 2.36. The quantitative estimate of drug-likeness (QED) is 0.904. The Balaban J connectivity index is 2.06. The minimum absolute atomic E-state index is 0.0393. The van der Waals surface area contributed by atoms with Gasteiger partial charge in [0.25, 0.3) is 0 Å². The van der Waals surface area contributed by atoms with E-state index in [2.05, 4.69) is 5.32 Å². The minimum Gasteiger partial charge on any atom is -0.313 e. The minimum atomic E-state index is -4.21. The molecular weight excluding hydrogens is 353 g/mol. The molecule has 1 saturated heterocycles. The lowest BCUT2D eigenvalue weighted by Gasteiger charge is -2.35. The summed E-state index contributed by atoms with van der Waals surface area (Å²) in [5, 5.41) is 3.06. The van der Waals surface area contributed by atoms with E-state index in [0.29, 0.717) is 18.2 Å². The molecule has 2 aromatic rings. The summed E-state index contributed by atoms with van der Waals surface area (Å²) in [4.78, 5) is -0.574. The van der Waals surface area contributed by atoms with Gasteiger partial charge in [0.1, 0.15) is 22.3 Å². The van der Waals surface area contributed by atoms with E-state index >= 15 is 0 Å². The van der Waals surface area contributed by atoms with Crippen LogP contribution in [-0.2, 0) is 10.0 Å². The first-order valence-electron chi connectivity index (χ1n) is 7.74. The third kappa shape index (κ3) is 3.42. The molecule has 1 heterocycles. The molecule has 134 valence electrons. The molecule has 1 fully saturated rings. The summed E-state index contributed by atoms with van der Waals surface area (Å²) in [6.45, 7) is 2.12. The molecule has 4 nitrogen and oxygen atoms in total. The Bertz CT molecular complexity index is 903. The monoisotopic (exact) mass is 370 g/mol. The second kappa shape index (κ2) is 6.78. The van der Waals surface area contributed by atoms with Crippen LogP contribution < -0.4 is 5.32 Å². The van der Waals surface area contributed by atoms with Crippen LogP contribution in [-0.4, -0.2) is 32.4 Å². The first-order valence-corrected chi connectivity index (χ1v) is 9.18. The van der Waals surface area contributed by atoms with Gasteiger partial charge in [-0.1, -0.05) is 12.1 Å². The van der Waals surface area contributed by atoms with Gasteiger partial charge in [-0.15, -0.1) is 0 Å². The van der Waals surface area contributed by atoms with Crippen LogP contribution in [0.25, 0.3) is 0 Å². The van der Waals surface area contributed by atoms with E-state index in [-0.39, 0.29) is 18.7 Å². The Morgan fingerprint density at radius 1 is 1.12 bits per heavy atom. The average Bonchev–Trinajstić information content (AvgIpc) is 2.58. The molecular formula is C17H17F3N2O2S. The fourth-order valence-electron chi connectivity index (χ4n) is 2.93. The van der Waals surface area contributed by atoms with Crippen LogP contribution in [0.3, 0.4) is 0 Å². The zero-order valence-corrected chi connectivity index (χ0v) is 14.3. The van der Waals surface area contributed by atoms with Crippen molar-refractivity contribution in [1.29, 1.82) is 0 Å². The van der Waals surface area contributed by atoms with Gasteiger partial charge in [-0.05, 0) is 36.2 Å². The van der Waals surface area contributed by atoms with E-state index in [0.717, 1.165) is 10.4 Å². The summed E-state index contributed by atoms with van der Waals surface area (Å²) < 4.78 is 68.3. The summed E-state index contributed by atoms with van der Waals surface area (Å²) >= 11 is 0. The molecule has 0 amide bonds. The number of piperazine rings is 1. The number of halogens is 3. The lowest BCUT2D eigenvalue weighted by Crippen LogP contribution is -2.48. The first-order chi connectivity index (χ1) is 11.8. The van der Waals surface area contributed by atoms with Crippen molar-refractivity contribution >= 4 is 10.0 Å². The van der Waals surface area contributed by atoms with Gasteiger partial charge in [0.05, 0.1) is 6.04 Å². The van der Waals surface area contributed by atoms with Gasteiger partial charge >= 0.3 is 0 Å². The SMILES string of the molecule is Cc1cc(S(=O)(=O)N2CCNCC2c2cccc(F)c2)c(F)cc1F. The first kappa shape index (κ1) is 17.9. The number of hydrogen-bond acceptors (Lipinski definition) is 3. The van der Waals surface area contributed by atoms with Gasteiger partial charge < -0.3 is 5.32 Å². The van der Waals surface area contributed by atoms with E-state index in [4.69, 9.17) is 0 Å². The maximum absolute atomic E-state index is 14.2. The van der Waals surface area contributed by atoms with Gasteiger partial charge in [0, 0.05) is 25.7 Å². The molecule has 0 spiro atoms. The van der Waals surface area contributed by atoms with Crippen molar-refractivity contribution in [1.82, 2.24) is 9.62 Å². The van der Waals surface area contributed by atoms with Gasteiger partial charge in [0.2, 0.25) is 10.0 Å². The second-order valence-electron chi connectivity index (χ2n) is 5.92. The molecule has 0 radical (unpaired) electrons. The Kier molecular flexibility index (Phi) is 4.86. The molecule has 1 aliphatic rings. The zero-order valence-electron chi connectivity index (χ0n) is 13.5. The molecule has 25 heavy (non-hydrogen) atoms. The van der Waals surface area contributed by atoms with E-state index in [9.17, 15) is 21.6 Å². The largest absolute Gasteiger partial charge is 0.313 e. The molecule has 1 unspecified atom stereocenters. The van der Waals surface area contributed by atoms with Crippen LogP contribution in [0.15, 0.2) is 41.3 Å². The number of rotatable bonds is 3. The predicted octanol–water partition coefficient (Wildman–Crippen LogP) is 2.75. The molecule has 1 N–H and O–H groups in total. The van der Waals surface area contributed by atoms with Crippen molar-refractivity contribution in [3.05, 3.63) is 65.0 Å². The lowest BCUT2D eigenvalue weighted by molar-refractivity contribution is 0.270. The highest BCUT2D eigenvalue weighted by atomic mass is 32.2.